The fourth-order valence-electron chi connectivity index (χ4n) is 2.63. The molecule has 1 aromatic carbocycles. The zero-order valence-corrected chi connectivity index (χ0v) is 12.5. The second-order valence-corrected chi connectivity index (χ2v) is 5.40. The lowest BCUT2D eigenvalue weighted by Gasteiger charge is -2.25. The van der Waals surface area contributed by atoms with Crippen molar-refractivity contribution < 1.29 is 9.47 Å². The summed E-state index contributed by atoms with van der Waals surface area (Å²) in [5.74, 6) is 0.716. The first kappa shape index (κ1) is 14.6. The van der Waals surface area contributed by atoms with Gasteiger partial charge in [0.2, 0.25) is 0 Å². The van der Waals surface area contributed by atoms with E-state index in [-0.39, 0.29) is 12.1 Å². The molecule has 0 spiro atoms. The van der Waals surface area contributed by atoms with Gasteiger partial charge >= 0.3 is 0 Å². The van der Waals surface area contributed by atoms with Crippen LogP contribution in [-0.2, 0) is 4.74 Å². The normalized spacial score (nSPS) is 24.4. The molecule has 0 saturated carbocycles. The van der Waals surface area contributed by atoms with Crippen LogP contribution in [0.4, 0.5) is 0 Å². The first-order chi connectivity index (χ1) is 9.15. The molecule has 1 aliphatic rings. The largest absolute Gasteiger partial charge is 0.495 e. The van der Waals surface area contributed by atoms with Gasteiger partial charge in [-0.3, -0.25) is 0 Å². The molecule has 0 aromatic heterocycles. The molecule has 3 atom stereocenters. The molecular weight excluding hydrogens is 262 g/mol. The summed E-state index contributed by atoms with van der Waals surface area (Å²) in [4.78, 5) is 0. The fourth-order valence-corrected chi connectivity index (χ4v) is 2.83. The molecule has 1 saturated heterocycles. The zero-order chi connectivity index (χ0) is 13.8. The van der Waals surface area contributed by atoms with E-state index in [2.05, 4.69) is 19.2 Å². The minimum atomic E-state index is 0.195. The van der Waals surface area contributed by atoms with Gasteiger partial charge in [-0.1, -0.05) is 24.6 Å². The van der Waals surface area contributed by atoms with Crippen LogP contribution >= 0.6 is 11.6 Å². The summed E-state index contributed by atoms with van der Waals surface area (Å²) >= 11 is 6.08. The number of hydrogen-bond donors (Lipinski definition) is 1. The second kappa shape index (κ2) is 6.60. The van der Waals surface area contributed by atoms with E-state index in [4.69, 9.17) is 21.1 Å². The average Bonchev–Trinajstić information content (AvgIpc) is 2.83. The number of benzene rings is 1. The maximum absolute atomic E-state index is 6.08. The minimum absolute atomic E-state index is 0.195. The zero-order valence-electron chi connectivity index (χ0n) is 11.8. The maximum Gasteiger partial charge on any atom is 0.137 e. The maximum atomic E-state index is 6.08. The summed E-state index contributed by atoms with van der Waals surface area (Å²) in [6, 6.07) is 6.13. The van der Waals surface area contributed by atoms with Crippen molar-refractivity contribution >= 4 is 11.6 Å². The number of rotatable bonds is 5. The molecule has 2 rings (SSSR count). The number of halogens is 1. The van der Waals surface area contributed by atoms with Crippen molar-refractivity contribution in [2.45, 2.75) is 44.9 Å². The van der Waals surface area contributed by atoms with E-state index in [9.17, 15) is 0 Å². The van der Waals surface area contributed by atoms with E-state index in [1.165, 1.54) is 5.56 Å². The lowest BCUT2D eigenvalue weighted by molar-refractivity contribution is 0.0319. The third kappa shape index (κ3) is 3.41. The monoisotopic (exact) mass is 283 g/mol. The Labute approximate surface area is 120 Å². The molecule has 0 bridgehead atoms. The summed E-state index contributed by atoms with van der Waals surface area (Å²) in [6.45, 7) is 5.15. The van der Waals surface area contributed by atoms with E-state index in [1.807, 2.05) is 18.2 Å². The standard InChI is InChI=1S/C15H22ClNO2/c1-4-17-15(13-8-5-10(2)19-13)11-6-7-12(16)14(9-11)18-3/h6-7,9-10,13,15,17H,4-5,8H2,1-3H3. The third-order valence-corrected chi connectivity index (χ3v) is 3.91. The van der Waals surface area contributed by atoms with Gasteiger partial charge in [0, 0.05) is 0 Å². The summed E-state index contributed by atoms with van der Waals surface area (Å²) in [6.07, 6.45) is 2.78. The van der Waals surface area contributed by atoms with Crippen molar-refractivity contribution in [3.63, 3.8) is 0 Å². The summed E-state index contributed by atoms with van der Waals surface area (Å²) < 4.78 is 11.3. The molecule has 0 radical (unpaired) electrons. The molecule has 1 N–H and O–H groups in total. The van der Waals surface area contributed by atoms with Crippen LogP contribution in [0.5, 0.6) is 5.75 Å². The molecule has 1 fully saturated rings. The number of likely N-dealkylation sites (N-methyl/N-ethyl adjacent to an activating group) is 1. The van der Waals surface area contributed by atoms with Gasteiger partial charge in [0.05, 0.1) is 30.4 Å². The Bertz CT molecular complexity index is 425. The smallest absolute Gasteiger partial charge is 0.137 e. The van der Waals surface area contributed by atoms with E-state index in [0.717, 1.165) is 19.4 Å². The van der Waals surface area contributed by atoms with Gasteiger partial charge in [-0.05, 0) is 44.0 Å². The number of methoxy groups -OCH3 is 1. The SMILES string of the molecule is CCNC(c1ccc(Cl)c(OC)c1)C1CCC(C)O1. The molecule has 3 nitrogen and oxygen atoms in total. The average molecular weight is 284 g/mol. The highest BCUT2D eigenvalue weighted by Gasteiger charge is 2.30. The molecule has 3 unspecified atom stereocenters. The van der Waals surface area contributed by atoms with Gasteiger partial charge in [-0.15, -0.1) is 0 Å². The molecule has 1 heterocycles. The van der Waals surface area contributed by atoms with Crippen LogP contribution in [0.3, 0.4) is 0 Å². The van der Waals surface area contributed by atoms with Crippen LogP contribution in [-0.4, -0.2) is 25.9 Å². The molecule has 1 aromatic rings. The van der Waals surface area contributed by atoms with Gasteiger partial charge in [-0.25, -0.2) is 0 Å². The Morgan fingerprint density at radius 1 is 1.47 bits per heavy atom. The van der Waals surface area contributed by atoms with Crippen molar-refractivity contribution in [1.29, 1.82) is 0 Å². The highest BCUT2D eigenvalue weighted by molar-refractivity contribution is 6.32. The molecule has 0 aliphatic carbocycles. The Morgan fingerprint density at radius 2 is 2.26 bits per heavy atom. The topological polar surface area (TPSA) is 30.5 Å². The van der Waals surface area contributed by atoms with Gasteiger partial charge < -0.3 is 14.8 Å². The quantitative estimate of drug-likeness (QED) is 0.896. The van der Waals surface area contributed by atoms with E-state index in [1.54, 1.807) is 7.11 Å². The van der Waals surface area contributed by atoms with Gasteiger partial charge in [0.15, 0.2) is 0 Å². The van der Waals surface area contributed by atoms with Crippen LogP contribution in [0.15, 0.2) is 18.2 Å². The fraction of sp³-hybridized carbons (Fsp3) is 0.600. The lowest BCUT2D eigenvalue weighted by Crippen LogP contribution is -2.32. The third-order valence-electron chi connectivity index (χ3n) is 3.59. The van der Waals surface area contributed by atoms with Gasteiger partial charge in [-0.2, -0.15) is 0 Å². The minimum Gasteiger partial charge on any atom is -0.495 e. The second-order valence-electron chi connectivity index (χ2n) is 4.99. The molecule has 4 heteroatoms. The molecule has 19 heavy (non-hydrogen) atoms. The van der Waals surface area contributed by atoms with E-state index >= 15 is 0 Å². The van der Waals surface area contributed by atoms with Crippen molar-refractivity contribution in [2.75, 3.05) is 13.7 Å². The van der Waals surface area contributed by atoms with E-state index in [0.29, 0.717) is 16.9 Å². The van der Waals surface area contributed by atoms with Crippen molar-refractivity contribution in [3.8, 4) is 5.75 Å². The summed E-state index contributed by atoms with van der Waals surface area (Å²) in [5, 5.41) is 4.15. The molecule has 0 amide bonds. The molecule has 1 aliphatic heterocycles. The highest BCUT2D eigenvalue weighted by Crippen LogP contribution is 2.33. The lowest BCUT2D eigenvalue weighted by atomic mass is 9.99. The first-order valence-corrected chi connectivity index (χ1v) is 7.25. The van der Waals surface area contributed by atoms with Crippen LogP contribution in [0.2, 0.25) is 5.02 Å². The summed E-state index contributed by atoms with van der Waals surface area (Å²) in [5.41, 5.74) is 1.17. The Kier molecular flexibility index (Phi) is 5.08. The molecular formula is C15H22ClNO2. The molecule has 106 valence electrons. The van der Waals surface area contributed by atoms with Crippen LogP contribution in [0.1, 0.15) is 38.3 Å². The highest BCUT2D eigenvalue weighted by atomic mass is 35.5. The van der Waals surface area contributed by atoms with E-state index < -0.39 is 0 Å². The number of nitrogens with one attached hydrogen (secondary N) is 1. The predicted molar refractivity (Wildman–Crippen MR) is 78.0 cm³/mol. The first-order valence-electron chi connectivity index (χ1n) is 6.88. The van der Waals surface area contributed by atoms with Crippen LogP contribution in [0.25, 0.3) is 0 Å². The summed E-state index contributed by atoms with van der Waals surface area (Å²) in [7, 11) is 1.64. The van der Waals surface area contributed by atoms with Gasteiger partial charge in [0.25, 0.3) is 0 Å². The van der Waals surface area contributed by atoms with Crippen LogP contribution in [0, 0.1) is 0 Å². The van der Waals surface area contributed by atoms with Crippen molar-refractivity contribution in [1.82, 2.24) is 5.32 Å². The van der Waals surface area contributed by atoms with Crippen molar-refractivity contribution in [3.05, 3.63) is 28.8 Å². The predicted octanol–water partition coefficient (Wildman–Crippen LogP) is 3.57. The van der Waals surface area contributed by atoms with Crippen molar-refractivity contribution in [2.24, 2.45) is 0 Å². The van der Waals surface area contributed by atoms with Gasteiger partial charge in [0.1, 0.15) is 5.75 Å². The Hall–Kier alpha value is -0.770. The number of hydrogen-bond acceptors (Lipinski definition) is 3. The van der Waals surface area contributed by atoms with Crippen LogP contribution < -0.4 is 10.1 Å². The Balaban J connectivity index is 2.23. The number of ether oxygens (including phenoxy) is 2. The Morgan fingerprint density at radius 3 is 2.84 bits per heavy atom.